The molecule has 0 fully saturated rings. The quantitative estimate of drug-likeness (QED) is 0.116. The van der Waals surface area contributed by atoms with Crippen molar-refractivity contribution in [3.05, 3.63) is 51.0 Å². The normalized spacial score (nSPS) is 14.4. The molecular formula is C37H60BrNO5Si2. The molecule has 0 saturated heterocycles. The van der Waals surface area contributed by atoms with E-state index < -0.39 is 22.0 Å². The van der Waals surface area contributed by atoms with Crippen molar-refractivity contribution in [3.63, 3.8) is 0 Å². The molecule has 0 heterocycles. The average Bonchev–Trinajstić information content (AvgIpc) is 2.90. The smallest absolute Gasteiger partial charge is 0.194 e. The van der Waals surface area contributed by atoms with Crippen LogP contribution in [0.3, 0.4) is 0 Å². The molecule has 46 heavy (non-hydrogen) atoms. The van der Waals surface area contributed by atoms with E-state index in [1.165, 1.54) is 0 Å². The maximum absolute atomic E-state index is 11.3. The molecule has 0 aliphatic carbocycles. The lowest BCUT2D eigenvalue weighted by Crippen LogP contribution is -2.49. The third kappa shape index (κ3) is 9.85. The number of nitriles is 1. The molecule has 1 unspecified atom stereocenters. The second-order valence-corrected chi connectivity index (χ2v) is 28.3. The minimum Gasteiger partial charge on any atom is -0.496 e. The lowest BCUT2D eigenvalue weighted by atomic mass is 9.76. The van der Waals surface area contributed by atoms with E-state index in [0.717, 1.165) is 33.0 Å². The van der Waals surface area contributed by atoms with E-state index in [4.69, 9.17) is 23.4 Å². The lowest BCUT2D eigenvalue weighted by molar-refractivity contribution is 0.0199. The largest absolute Gasteiger partial charge is 0.496 e. The van der Waals surface area contributed by atoms with Crippen molar-refractivity contribution in [2.75, 3.05) is 27.6 Å². The number of methoxy groups -OCH3 is 2. The highest BCUT2D eigenvalue weighted by molar-refractivity contribution is 9.10. The zero-order chi connectivity index (χ0) is 35.5. The van der Waals surface area contributed by atoms with Crippen LogP contribution >= 0.6 is 15.9 Å². The van der Waals surface area contributed by atoms with Crippen molar-refractivity contribution in [2.24, 2.45) is 0 Å². The van der Waals surface area contributed by atoms with Crippen LogP contribution in [0.1, 0.15) is 84.6 Å². The Hall–Kier alpha value is -1.84. The van der Waals surface area contributed by atoms with Gasteiger partial charge >= 0.3 is 0 Å². The molecule has 0 aliphatic rings. The SMILES string of the molecule is COc1ccc(Br)c(OC)c1C(C#N)(Cc1cc(C(C)(C)C)c(OCOCC[Si](C)(C)C)c(C(C)(C)C)c1)O[Si](C)(C)C(C)(C)C. The van der Waals surface area contributed by atoms with Crippen molar-refractivity contribution in [2.45, 2.75) is 129 Å². The molecule has 9 heteroatoms. The Morgan fingerprint density at radius 3 is 1.76 bits per heavy atom. The molecule has 0 spiro atoms. The Morgan fingerprint density at radius 2 is 1.35 bits per heavy atom. The van der Waals surface area contributed by atoms with Gasteiger partial charge in [0.15, 0.2) is 20.7 Å². The minimum absolute atomic E-state index is 0.151. The monoisotopic (exact) mass is 733 g/mol. The van der Waals surface area contributed by atoms with Crippen LogP contribution in [0.4, 0.5) is 0 Å². The maximum atomic E-state index is 11.3. The Bertz CT molecular complexity index is 1360. The molecule has 0 saturated carbocycles. The van der Waals surface area contributed by atoms with Gasteiger partial charge in [-0.1, -0.05) is 94.1 Å². The van der Waals surface area contributed by atoms with Crippen LogP contribution in [0, 0.1) is 11.3 Å². The third-order valence-electron chi connectivity index (χ3n) is 8.82. The summed E-state index contributed by atoms with van der Waals surface area (Å²) in [6, 6.07) is 11.9. The summed E-state index contributed by atoms with van der Waals surface area (Å²) in [6.07, 6.45) is 0.290. The fourth-order valence-corrected chi connectivity index (χ4v) is 7.71. The van der Waals surface area contributed by atoms with Gasteiger partial charge in [-0.15, -0.1) is 0 Å². The van der Waals surface area contributed by atoms with E-state index in [1.54, 1.807) is 14.2 Å². The highest BCUT2D eigenvalue weighted by Gasteiger charge is 2.49. The van der Waals surface area contributed by atoms with Crippen molar-refractivity contribution in [1.82, 2.24) is 0 Å². The number of hydrogen-bond donors (Lipinski definition) is 0. The van der Waals surface area contributed by atoms with Gasteiger partial charge in [0.25, 0.3) is 0 Å². The van der Waals surface area contributed by atoms with Crippen LogP contribution in [0.15, 0.2) is 28.7 Å². The number of hydrogen-bond acceptors (Lipinski definition) is 6. The third-order valence-corrected chi connectivity index (χ3v) is 15.6. The average molecular weight is 735 g/mol. The first-order valence-electron chi connectivity index (χ1n) is 16.2. The van der Waals surface area contributed by atoms with Crippen LogP contribution in [0.25, 0.3) is 0 Å². The molecule has 6 nitrogen and oxygen atoms in total. The Morgan fingerprint density at radius 1 is 0.804 bits per heavy atom. The Labute approximate surface area is 290 Å². The summed E-state index contributed by atoms with van der Waals surface area (Å²) in [5.74, 6) is 1.92. The van der Waals surface area contributed by atoms with Crippen molar-refractivity contribution in [1.29, 1.82) is 5.26 Å². The highest BCUT2D eigenvalue weighted by Crippen LogP contribution is 2.50. The van der Waals surface area contributed by atoms with Gasteiger partial charge in [-0.3, -0.25) is 0 Å². The molecule has 2 aromatic rings. The molecular weight excluding hydrogens is 674 g/mol. The van der Waals surface area contributed by atoms with E-state index >= 15 is 0 Å². The number of halogens is 1. The van der Waals surface area contributed by atoms with Gasteiger partial charge in [-0.25, -0.2) is 0 Å². The number of rotatable bonds is 13. The zero-order valence-electron chi connectivity index (χ0n) is 31.5. The van der Waals surface area contributed by atoms with Gasteiger partial charge in [-0.2, -0.15) is 5.26 Å². The second-order valence-electron chi connectivity index (χ2n) is 17.1. The van der Waals surface area contributed by atoms with Crippen LogP contribution in [0.2, 0.25) is 43.8 Å². The summed E-state index contributed by atoms with van der Waals surface area (Å²) in [6.45, 7) is 32.0. The molecule has 0 N–H and O–H groups in total. The summed E-state index contributed by atoms with van der Waals surface area (Å²) in [4.78, 5) is 0. The summed E-state index contributed by atoms with van der Waals surface area (Å²) < 4.78 is 32.3. The van der Waals surface area contributed by atoms with E-state index in [2.05, 4.69) is 129 Å². The summed E-state index contributed by atoms with van der Waals surface area (Å²) >= 11 is 3.67. The zero-order valence-corrected chi connectivity index (χ0v) is 35.1. The lowest BCUT2D eigenvalue weighted by Gasteiger charge is -2.43. The number of benzene rings is 2. The summed E-state index contributed by atoms with van der Waals surface area (Å²) in [5.41, 5.74) is 1.80. The number of ether oxygens (including phenoxy) is 4. The van der Waals surface area contributed by atoms with E-state index in [-0.39, 0.29) is 22.7 Å². The predicted octanol–water partition coefficient (Wildman–Crippen LogP) is 10.7. The fraction of sp³-hybridized carbons (Fsp3) is 0.649. The molecule has 0 radical (unpaired) electrons. The molecule has 2 rings (SSSR count). The van der Waals surface area contributed by atoms with Gasteiger partial charge in [0, 0.05) is 32.2 Å². The van der Waals surface area contributed by atoms with Gasteiger partial charge in [-0.05, 0) is 68.6 Å². The van der Waals surface area contributed by atoms with E-state index in [0.29, 0.717) is 30.1 Å². The molecule has 258 valence electrons. The first-order chi connectivity index (χ1) is 20.8. The standard InChI is InChI=1S/C37H60BrNO5Si2/c1-34(2,3)27-21-26(22-28(35(4,5)6)32(27)43-25-42-19-20-45(12,13)14)23-37(24-39,44-46(15,16)36(7,8)9)31-30(40-10)18-17-29(38)33(31)41-11/h17-18,21-22H,19-20,23,25H2,1-16H3. The van der Waals surface area contributed by atoms with Gasteiger partial charge in [0.1, 0.15) is 23.3 Å². The topological polar surface area (TPSA) is 69.9 Å². The molecule has 0 bridgehead atoms. The molecule has 2 aromatic carbocycles. The Balaban J connectivity index is 2.89. The number of nitrogens with zero attached hydrogens (tertiary/aromatic N) is 1. The maximum Gasteiger partial charge on any atom is 0.194 e. The first kappa shape index (κ1) is 40.3. The second kappa shape index (κ2) is 14.7. The van der Waals surface area contributed by atoms with Gasteiger partial charge < -0.3 is 23.4 Å². The summed E-state index contributed by atoms with van der Waals surface area (Å²) in [7, 11) is -0.503. The van der Waals surface area contributed by atoms with Crippen LogP contribution in [-0.2, 0) is 32.0 Å². The Kier molecular flexibility index (Phi) is 12.9. The fourth-order valence-electron chi connectivity index (χ4n) is 5.06. The minimum atomic E-state index is -2.52. The molecule has 0 amide bonds. The molecule has 1 atom stereocenters. The van der Waals surface area contributed by atoms with Crippen LogP contribution in [0.5, 0.6) is 17.2 Å². The van der Waals surface area contributed by atoms with Crippen molar-refractivity contribution < 1.29 is 23.4 Å². The molecule has 0 aliphatic heterocycles. The summed E-state index contributed by atoms with van der Waals surface area (Å²) in [5, 5.41) is 11.1. The first-order valence-corrected chi connectivity index (χ1v) is 23.7. The van der Waals surface area contributed by atoms with E-state index in [1.807, 2.05) is 12.1 Å². The van der Waals surface area contributed by atoms with Crippen LogP contribution < -0.4 is 14.2 Å². The highest BCUT2D eigenvalue weighted by atomic mass is 79.9. The van der Waals surface area contributed by atoms with Gasteiger partial charge in [0.2, 0.25) is 0 Å². The van der Waals surface area contributed by atoms with Crippen molar-refractivity contribution in [3.8, 4) is 23.3 Å². The van der Waals surface area contributed by atoms with Crippen LogP contribution in [-0.4, -0.2) is 44.0 Å². The van der Waals surface area contributed by atoms with E-state index in [9.17, 15) is 5.26 Å². The predicted molar refractivity (Wildman–Crippen MR) is 200 cm³/mol. The molecule has 0 aromatic heterocycles. The van der Waals surface area contributed by atoms with Gasteiger partial charge in [0.05, 0.1) is 24.3 Å². The van der Waals surface area contributed by atoms with Crippen molar-refractivity contribution >= 4 is 32.3 Å².